The van der Waals surface area contributed by atoms with Gasteiger partial charge < -0.3 is 19.2 Å². The number of carbonyl (C=O) groups excluding carboxylic acids is 1. The summed E-state index contributed by atoms with van der Waals surface area (Å²) in [6.07, 6.45) is 0.268. The van der Waals surface area contributed by atoms with Crippen LogP contribution in [0.25, 0.3) is 22.6 Å². The third kappa shape index (κ3) is 5.06. The van der Waals surface area contributed by atoms with Gasteiger partial charge in [0.15, 0.2) is 5.65 Å². The second kappa shape index (κ2) is 9.51. The van der Waals surface area contributed by atoms with Crippen molar-refractivity contribution in [2.75, 3.05) is 0 Å². The lowest BCUT2D eigenvalue weighted by Gasteiger charge is -2.15. The Morgan fingerprint density at radius 3 is 2.59 bits per heavy atom. The standard InChI is InChI=1S/C25H25N3O4/c1-4-23(29)32-22-13-11-20-25(27-22)28-24(26-20)19-14-18(10-12-21(19)31-16(2)3)30-15-17-8-6-5-7-9-17/h5-14,16H,4,15H2,1-3H3,(H,26,27,28). The molecule has 4 aromatic rings. The van der Waals surface area contributed by atoms with Crippen LogP contribution in [0.2, 0.25) is 0 Å². The summed E-state index contributed by atoms with van der Waals surface area (Å²) in [6, 6.07) is 19.1. The molecule has 2 aromatic heterocycles. The topological polar surface area (TPSA) is 86.3 Å². The van der Waals surface area contributed by atoms with E-state index in [1.807, 2.05) is 62.4 Å². The van der Waals surface area contributed by atoms with Crippen molar-refractivity contribution in [2.24, 2.45) is 0 Å². The van der Waals surface area contributed by atoms with E-state index in [2.05, 4.69) is 15.0 Å². The van der Waals surface area contributed by atoms with E-state index < -0.39 is 0 Å². The Balaban J connectivity index is 1.66. The molecule has 0 aliphatic rings. The average Bonchev–Trinajstić information content (AvgIpc) is 3.22. The Kier molecular flexibility index (Phi) is 6.35. The summed E-state index contributed by atoms with van der Waals surface area (Å²) in [4.78, 5) is 23.8. The molecular weight excluding hydrogens is 406 g/mol. The van der Waals surface area contributed by atoms with Crippen LogP contribution in [0.5, 0.6) is 17.4 Å². The molecule has 0 spiro atoms. The minimum atomic E-state index is -0.344. The van der Waals surface area contributed by atoms with Crippen molar-refractivity contribution in [1.82, 2.24) is 15.0 Å². The van der Waals surface area contributed by atoms with Crippen molar-refractivity contribution >= 4 is 17.1 Å². The van der Waals surface area contributed by atoms with Crippen LogP contribution in [0.3, 0.4) is 0 Å². The highest BCUT2D eigenvalue weighted by atomic mass is 16.5. The fraction of sp³-hybridized carbons (Fsp3) is 0.240. The average molecular weight is 431 g/mol. The maximum Gasteiger partial charge on any atom is 0.312 e. The number of nitrogens with zero attached hydrogens (tertiary/aromatic N) is 2. The first-order valence-electron chi connectivity index (χ1n) is 10.6. The van der Waals surface area contributed by atoms with Gasteiger partial charge in [-0.1, -0.05) is 37.3 Å². The Bertz CT molecular complexity index is 1220. The molecule has 0 aliphatic carbocycles. The Hall–Kier alpha value is -3.87. The number of hydrogen-bond donors (Lipinski definition) is 1. The van der Waals surface area contributed by atoms with E-state index >= 15 is 0 Å². The largest absolute Gasteiger partial charge is 0.490 e. The minimum Gasteiger partial charge on any atom is -0.490 e. The summed E-state index contributed by atoms with van der Waals surface area (Å²) in [5.41, 5.74) is 3.02. The second-order valence-electron chi connectivity index (χ2n) is 7.53. The number of hydrogen-bond acceptors (Lipinski definition) is 6. The predicted octanol–water partition coefficient (Wildman–Crippen LogP) is 5.31. The zero-order chi connectivity index (χ0) is 22.5. The van der Waals surface area contributed by atoms with Crippen molar-refractivity contribution in [3.8, 4) is 28.8 Å². The summed E-state index contributed by atoms with van der Waals surface area (Å²) < 4.78 is 17.2. The maximum absolute atomic E-state index is 11.6. The lowest BCUT2D eigenvalue weighted by atomic mass is 10.1. The molecular formula is C25H25N3O4. The van der Waals surface area contributed by atoms with E-state index in [0.717, 1.165) is 16.6 Å². The normalized spacial score (nSPS) is 11.0. The first kappa shape index (κ1) is 21.4. The molecule has 0 aliphatic heterocycles. The van der Waals surface area contributed by atoms with Crippen LogP contribution >= 0.6 is 0 Å². The molecule has 2 aromatic carbocycles. The molecule has 164 valence electrons. The van der Waals surface area contributed by atoms with Crippen LogP contribution in [-0.2, 0) is 11.4 Å². The number of ether oxygens (including phenoxy) is 3. The maximum atomic E-state index is 11.6. The molecule has 0 saturated heterocycles. The van der Waals surface area contributed by atoms with E-state index in [0.29, 0.717) is 29.6 Å². The van der Waals surface area contributed by atoms with E-state index in [1.54, 1.807) is 19.1 Å². The Morgan fingerprint density at radius 1 is 1.03 bits per heavy atom. The van der Waals surface area contributed by atoms with Crippen molar-refractivity contribution in [3.05, 3.63) is 66.2 Å². The van der Waals surface area contributed by atoms with Gasteiger partial charge in [-0.05, 0) is 43.7 Å². The number of nitrogens with one attached hydrogen (secondary N) is 1. The quantitative estimate of drug-likeness (QED) is 0.381. The van der Waals surface area contributed by atoms with E-state index in [9.17, 15) is 4.79 Å². The van der Waals surface area contributed by atoms with Gasteiger partial charge in [-0.2, -0.15) is 4.98 Å². The van der Waals surface area contributed by atoms with Crippen molar-refractivity contribution in [2.45, 2.75) is 39.9 Å². The van der Waals surface area contributed by atoms with Gasteiger partial charge in [0.05, 0.1) is 17.2 Å². The first-order chi connectivity index (χ1) is 15.5. The van der Waals surface area contributed by atoms with Gasteiger partial charge in [0.25, 0.3) is 0 Å². The summed E-state index contributed by atoms with van der Waals surface area (Å²) in [7, 11) is 0. The number of fused-ring (bicyclic) bond motifs is 1. The summed E-state index contributed by atoms with van der Waals surface area (Å²) in [6.45, 7) is 6.13. The lowest BCUT2D eigenvalue weighted by Crippen LogP contribution is -2.07. The van der Waals surface area contributed by atoms with Crippen molar-refractivity contribution in [1.29, 1.82) is 0 Å². The molecule has 0 saturated carbocycles. The molecule has 0 fully saturated rings. The fourth-order valence-corrected chi connectivity index (χ4v) is 3.13. The molecule has 7 nitrogen and oxygen atoms in total. The number of benzene rings is 2. The summed E-state index contributed by atoms with van der Waals surface area (Å²) >= 11 is 0. The van der Waals surface area contributed by atoms with Crippen molar-refractivity contribution in [3.63, 3.8) is 0 Å². The molecule has 2 heterocycles. The molecule has 32 heavy (non-hydrogen) atoms. The molecule has 0 unspecified atom stereocenters. The molecule has 0 amide bonds. The summed E-state index contributed by atoms with van der Waals surface area (Å²) in [5.74, 6) is 1.85. The first-order valence-corrected chi connectivity index (χ1v) is 10.6. The number of esters is 1. The summed E-state index contributed by atoms with van der Waals surface area (Å²) in [5, 5.41) is 0. The molecule has 0 bridgehead atoms. The van der Waals surface area contributed by atoms with Crippen LogP contribution in [0.4, 0.5) is 0 Å². The molecule has 0 radical (unpaired) electrons. The zero-order valence-corrected chi connectivity index (χ0v) is 18.3. The predicted molar refractivity (Wildman–Crippen MR) is 122 cm³/mol. The second-order valence-corrected chi connectivity index (χ2v) is 7.53. The third-order valence-electron chi connectivity index (χ3n) is 4.64. The van der Waals surface area contributed by atoms with Crippen molar-refractivity contribution < 1.29 is 19.0 Å². The zero-order valence-electron chi connectivity index (χ0n) is 18.3. The van der Waals surface area contributed by atoms with Gasteiger partial charge in [-0.25, -0.2) is 4.98 Å². The van der Waals surface area contributed by atoms with Gasteiger partial charge in [0.1, 0.15) is 23.9 Å². The molecule has 4 rings (SSSR count). The van der Waals surface area contributed by atoms with Crippen LogP contribution < -0.4 is 14.2 Å². The van der Waals surface area contributed by atoms with E-state index in [4.69, 9.17) is 14.2 Å². The highest BCUT2D eigenvalue weighted by Crippen LogP contribution is 2.34. The van der Waals surface area contributed by atoms with E-state index in [-0.39, 0.29) is 24.4 Å². The van der Waals surface area contributed by atoms with Gasteiger partial charge in [0.2, 0.25) is 5.88 Å². The molecule has 7 heteroatoms. The Morgan fingerprint density at radius 2 is 1.84 bits per heavy atom. The monoisotopic (exact) mass is 431 g/mol. The number of pyridine rings is 1. The lowest BCUT2D eigenvalue weighted by molar-refractivity contribution is -0.134. The highest BCUT2D eigenvalue weighted by Gasteiger charge is 2.16. The number of carbonyl (C=O) groups is 1. The number of aromatic nitrogens is 3. The number of H-pyrrole nitrogens is 1. The smallest absolute Gasteiger partial charge is 0.312 e. The minimum absolute atomic E-state index is 0.00704. The fourth-order valence-electron chi connectivity index (χ4n) is 3.13. The van der Waals surface area contributed by atoms with Gasteiger partial charge in [0, 0.05) is 12.5 Å². The molecule has 0 atom stereocenters. The SMILES string of the molecule is CCC(=O)Oc1ccc2[nH]c(-c3cc(OCc4ccccc4)ccc3OC(C)C)nc2n1. The van der Waals surface area contributed by atoms with Gasteiger partial charge in [-0.3, -0.25) is 4.79 Å². The van der Waals surface area contributed by atoms with Crippen LogP contribution in [0.15, 0.2) is 60.7 Å². The van der Waals surface area contributed by atoms with Gasteiger partial charge >= 0.3 is 5.97 Å². The van der Waals surface area contributed by atoms with Crippen LogP contribution in [0.1, 0.15) is 32.8 Å². The van der Waals surface area contributed by atoms with Crippen LogP contribution in [0, 0.1) is 0 Å². The van der Waals surface area contributed by atoms with Crippen LogP contribution in [-0.4, -0.2) is 27.0 Å². The highest BCUT2D eigenvalue weighted by molar-refractivity contribution is 5.79. The Labute approximate surface area is 186 Å². The number of rotatable bonds is 8. The van der Waals surface area contributed by atoms with E-state index in [1.165, 1.54) is 0 Å². The molecule has 1 N–H and O–H groups in total. The number of aromatic amines is 1. The number of imidazole rings is 1. The third-order valence-corrected chi connectivity index (χ3v) is 4.64. The van der Waals surface area contributed by atoms with Gasteiger partial charge in [-0.15, -0.1) is 0 Å².